The summed E-state index contributed by atoms with van der Waals surface area (Å²) >= 11 is 3.37. The minimum absolute atomic E-state index is 0.0967. The van der Waals surface area contributed by atoms with Gasteiger partial charge in [0, 0.05) is 23.2 Å². The van der Waals surface area contributed by atoms with Gasteiger partial charge in [-0.25, -0.2) is 0 Å². The zero-order valence-corrected chi connectivity index (χ0v) is 12.5. The van der Waals surface area contributed by atoms with Crippen LogP contribution in [0.5, 0.6) is 0 Å². The van der Waals surface area contributed by atoms with Crippen molar-refractivity contribution in [1.29, 1.82) is 0 Å². The summed E-state index contributed by atoms with van der Waals surface area (Å²) in [5, 5.41) is 0. The molecule has 2 atom stereocenters. The monoisotopic (exact) mass is 322 g/mol. The Morgan fingerprint density at radius 2 is 1.84 bits per heavy atom. The van der Waals surface area contributed by atoms with Crippen LogP contribution in [0.1, 0.15) is 36.0 Å². The first-order valence-electron chi connectivity index (χ1n) is 6.99. The molecule has 0 spiro atoms. The summed E-state index contributed by atoms with van der Waals surface area (Å²) in [7, 11) is 0. The highest BCUT2D eigenvalue weighted by molar-refractivity contribution is 9.10. The molecule has 1 aromatic carbocycles. The van der Waals surface area contributed by atoms with Crippen molar-refractivity contribution >= 4 is 27.5 Å². The molecule has 0 bridgehead atoms. The first-order chi connectivity index (χ1) is 9.15. The second kappa shape index (κ2) is 5.16. The van der Waals surface area contributed by atoms with Crippen LogP contribution in [0.2, 0.25) is 0 Å². The van der Waals surface area contributed by atoms with Gasteiger partial charge in [-0.3, -0.25) is 4.79 Å². The molecule has 2 N–H and O–H groups in total. The van der Waals surface area contributed by atoms with Crippen LogP contribution in [0.25, 0.3) is 0 Å². The largest absolute Gasteiger partial charge is 0.398 e. The number of fused-ring (bicyclic) bond motifs is 1. The molecule has 1 saturated carbocycles. The van der Waals surface area contributed by atoms with Gasteiger partial charge in [-0.1, -0.05) is 28.8 Å². The van der Waals surface area contributed by atoms with Crippen LogP contribution in [0.15, 0.2) is 22.7 Å². The smallest absolute Gasteiger partial charge is 0.255 e. The fraction of sp³-hybridized carbons (Fsp3) is 0.533. The molecular weight excluding hydrogens is 304 g/mol. The van der Waals surface area contributed by atoms with E-state index in [1.54, 1.807) is 6.07 Å². The Bertz CT molecular complexity index is 489. The molecule has 1 amide bonds. The third-order valence-corrected chi connectivity index (χ3v) is 5.00. The molecule has 1 saturated heterocycles. The maximum absolute atomic E-state index is 12.6. The fourth-order valence-corrected chi connectivity index (χ4v) is 3.85. The van der Waals surface area contributed by atoms with Gasteiger partial charge in [0.1, 0.15) is 0 Å². The van der Waals surface area contributed by atoms with E-state index in [1.807, 2.05) is 17.0 Å². The highest BCUT2D eigenvalue weighted by Gasteiger charge is 2.36. The van der Waals surface area contributed by atoms with Crippen LogP contribution in [-0.4, -0.2) is 23.9 Å². The first kappa shape index (κ1) is 13.0. The number of halogens is 1. The summed E-state index contributed by atoms with van der Waals surface area (Å²) in [6, 6.07) is 5.51. The molecule has 2 unspecified atom stereocenters. The van der Waals surface area contributed by atoms with Crippen LogP contribution >= 0.6 is 15.9 Å². The Balaban J connectivity index is 1.77. The van der Waals surface area contributed by atoms with Crippen molar-refractivity contribution in [3.63, 3.8) is 0 Å². The maximum atomic E-state index is 12.6. The lowest BCUT2D eigenvalue weighted by molar-refractivity contribution is 0.0785. The van der Waals surface area contributed by atoms with Gasteiger partial charge in [-0.2, -0.15) is 0 Å². The third-order valence-electron chi connectivity index (χ3n) is 4.51. The minimum atomic E-state index is 0.0967. The topological polar surface area (TPSA) is 46.3 Å². The Hall–Kier alpha value is -1.03. The van der Waals surface area contributed by atoms with E-state index in [9.17, 15) is 4.79 Å². The predicted molar refractivity (Wildman–Crippen MR) is 79.9 cm³/mol. The van der Waals surface area contributed by atoms with Crippen LogP contribution < -0.4 is 5.73 Å². The van der Waals surface area contributed by atoms with Gasteiger partial charge in [-0.15, -0.1) is 0 Å². The van der Waals surface area contributed by atoms with Crippen LogP contribution in [0.3, 0.4) is 0 Å². The summed E-state index contributed by atoms with van der Waals surface area (Å²) in [6.07, 6.45) is 5.21. The van der Waals surface area contributed by atoms with E-state index >= 15 is 0 Å². The number of amides is 1. The van der Waals surface area contributed by atoms with Crippen molar-refractivity contribution in [3.8, 4) is 0 Å². The Morgan fingerprint density at radius 3 is 2.42 bits per heavy atom. The van der Waals surface area contributed by atoms with Crippen molar-refractivity contribution in [2.24, 2.45) is 11.8 Å². The van der Waals surface area contributed by atoms with E-state index in [2.05, 4.69) is 15.9 Å². The number of anilines is 1. The Kier molecular flexibility index (Phi) is 3.52. The quantitative estimate of drug-likeness (QED) is 0.806. The molecule has 102 valence electrons. The zero-order chi connectivity index (χ0) is 13.4. The van der Waals surface area contributed by atoms with Crippen LogP contribution in [0.4, 0.5) is 5.69 Å². The lowest BCUT2D eigenvalue weighted by Crippen LogP contribution is -2.29. The fourth-order valence-electron chi connectivity index (χ4n) is 3.47. The van der Waals surface area contributed by atoms with Crippen molar-refractivity contribution < 1.29 is 4.79 Å². The number of likely N-dealkylation sites (tertiary alicyclic amines) is 1. The number of carbonyl (C=O) groups is 1. The van der Waals surface area contributed by atoms with Gasteiger partial charge in [0.2, 0.25) is 0 Å². The number of hydrogen-bond acceptors (Lipinski definition) is 2. The van der Waals surface area contributed by atoms with Gasteiger partial charge in [0.25, 0.3) is 5.91 Å². The van der Waals surface area contributed by atoms with Gasteiger partial charge in [0.05, 0.1) is 5.56 Å². The number of hydrogen-bond donors (Lipinski definition) is 1. The van der Waals surface area contributed by atoms with Crippen molar-refractivity contribution in [2.45, 2.75) is 25.7 Å². The molecule has 19 heavy (non-hydrogen) atoms. The number of carbonyl (C=O) groups excluding carboxylic acids is 1. The Morgan fingerprint density at radius 1 is 1.21 bits per heavy atom. The summed E-state index contributed by atoms with van der Waals surface area (Å²) in [6.45, 7) is 1.83. The van der Waals surface area contributed by atoms with Crippen molar-refractivity contribution in [1.82, 2.24) is 4.90 Å². The van der Waals surface area contributed by atoms with Gasteiger partial charge >= 0.3 is 0 Å². The first-order valence-corrected chi connectivity index (χ1v) is 7.79. The molecule has 3 rings (SSSR count). The molecule has 2 aliphatic rings. The lowest BCUT2D eigenvalue weighted by Gasteiger charge is -2.22. The van der Waals surface area contributed by atoms with Crippen LogP contribution in [0, 0.1) is 11.8 Å². The second-order valence-electron chi connectivity index (χ2n) is 5.75. The average Bonchev–Trinajstić information content (AvgIpc) is 2.81. The molecule has 0 aromatic heterocycles. The number of rotatable bonds is 1. The third kappa shape index (κ3) is 2.50. The van der Waals surface area contributed by atoms with Gasteiger partial charge in [0.15, 0.2) is 0 Å². The standard InChI is InChI=1S/C15H19BrN2O/c16-12-5-6-13(14(17)7-12)15(19)18-8-10-3-1-2-4-11(10)9-18/h5-7,10-11H,1-4,8-9,17H2. The molecule has 4 heteroatoms. The molecule has 1 aromatic rings. The highest BCUT2D eigenvalue weighted by Crippen LogP contribution is 2.36. The van der Waals surface area contributed by atoms with Crippen molar-refractivity contribution in [2.75, 3.05) is 18.8 Å². The zero-order valence-electron chi connectivity index (χ0n) is 10.9. The Labute approximate surface area is 122 Å². The maximum Gasteiger partial charge on any atom is 0.255 e. The molecule has 1 aliphatic heterocycles. The van der Waals surface area contributed by atoms with Gasteiger partial charge in [-0.05, 0) is 42.9 Å². The summed E-state index contributed by atoms with van der Waals surface area (Å²) in [4.78, 5) is 14.6. The van der Waals surface area contributed by atoms with E-state index in [0.29, 0.717) is 11.3 Å². The average molecular weight is 323 g/mol. The lowest BCUT2D eigenvalue weighted by atomic mass is 9.82. The van der Waals surface area contributed by atoms with E-state index in [-0.39, 0.29) is 5.91 Å². The SMILES string of the molecule is Nc1cc(Br)ccc1C(=O)N1CC2CCCCC2C1. The normalized spacial score (nSPS) is 26.3. The van der Waals surface area contributed by atoms with E-state index < -0.39 is 0 Å². The number of nitrogen functional groups attached to an aromatic ring is 1. The van der Waals surface area contributed by atoms with Crippen LogP contribution in [-0.2, 0) is 0 Å². The number of nitrogens with zero attached hydrogens (tertiary/aromatic N) is 1. The molecule has 2 fully saturated rings. The number of benzene rings is 1. The number of nitrogens with two attached hydrogens (primary N) is 1. The minimum Gasteiger partial charge on any atom is -0.398 e. The predicted octanol–water partition coefficient (Wildman–Crippen LogP) is 3.29. The summed E-state index contributed by atoms with van der Waals surface area (Å²) in [5.41, 5.74) is 7.16. The molecule has 1 heterocycles. The molecule has 3 nitrogen and oxygen atoms in total. The summed E-state index contributed by atoms with van der Waals surface area (Å²) in [5.74, 6) is 1.53. The van der Waals surface area contributed by atoms with E-state index in [1.165, 1.54) is 25.7 Å². The molecular formula is C15H19BrN2O. The van der Waals surface area contributed by atoms with Gasteiger partial charge < -0.3 is 10.6 Å². The molecule has 0 radical (unpaired) electrons. The highest BCUT2D eigenvalue weighted by atomic mass is 79.9. The second-order valence-corrected chi connectivity index (χ2v) is 6.66. The van der Waals surface area contributed by atoms with E-state index in [0.717, 1.165) is 29.4 Å². The molecule has 1 aliphatic carbocycles. The van der Waals surface area contributed by atoms with Crippen molar-refractivity contribution in [3.05, 3.63) is 28.2 Å². The van der Waals surface area contributed by atoms with E-state index in [4.69, 9.17) is 5.73 Å². The summed E-state index contributed by atoms with van der Waals surface area (Å²) < 4.78 is 0.914.